The third kappa shape index (κ3) is 1.65. The molecule has 0 saturated carbocycles. The van der Waals surface area contributed by atoms with E-state index in [9.17, 15) is 4.79 Å². The number of nitriles is 1. The highest BCUT2D eigenvalue weighted by atomic mass is 16.1. The van der Waals surface area contributed by atoms with Crippen LogP contribution in [0.1, 0.15) is 15.9 Å². The van der Waals surface area contributed by atoms with Crippen LogP contribution in [-0.2, 0) is 0 Å². The van der Waals surface area contributed by atoms with Crippen LogP contribution in [0.3, 0.4) is 0 Å². The second kappa shape index (κ2) is 4.29. The molecule has 0 aliphatic heterocycles. The maximum absolute atomic E-state index is 10.9. The fourth-order valence-corrected chi connectivity index (χ4v) is 1.62. The number of carbonyl (C=O) groups excluding carboxylic acids is 1. The lowest BCUT2D eigenvalue weighted by Gasteiger charge is -2.02. The van der Waals surface area contributed by atoms with Crippen LogP contribution in [0.25, 0.3) is 10.8 Å². The summed E-state index contributed by atoms with van der Waals surface area (Å²) >= 11 is 0. The summed E-state index contributed by atoms with van der Waals surface area (Å²) in [5, 5.41) is 10.4. The molecule has 0 atom stereocenters. The standard InChI is InChI=1S/C14H7NO/c15-9-3-6-14-12(10-16)8-7-11-4-1-2-5-13(11)14/h1-2,4-5,7-8,10H. The first-order valence-corrected chi connectivity index (χ1v) is 4.74. The van der Waals surface area contributed by atoms with Crippen LogP contribution in [-0.4, -0.2) is 6.29 Å². The molecule has 2 nitrogen and oxygen atoms in total. The van der Waals surface area contributed by atoms with Gasteiger partial charge in [-0.3, -0.25) is 4.79 Å². The molecular formula is C14H7NO. The second-order valence-corrected chi connectivity index (χ2v) is 3.23. The maximum atomic E-state index is 10.9. The molecule has 0 heterocycles. The van der Waals surface area contributed by atoms with Crippen molar-refractivity contribution in [3.8, 4) is 17.9 Å². The van der Waals surface area contributed by atoms with Gasteiger partial charge in [0.05, 0.1) is 0 Å². The highest BCUT2D eigenvalue weighted by molar-refractivity contribution is 5.95. The normalized spacial score (nSPS) is 8.94. The number of hydrogen-bond donors (Lipinski definition) is 0. The third-order valence-electron chi connectivity index (χ3n) is 2.33. The van der Waals surface area contributed by atoms with Crippen LogP contribution in [0.5, 0.6) is 0 Å². The average Bonchev–Trinajstić information content (AvgIpc) is 2.35. The number of carbonyl (C=O) groups is 1. The predicted molar refractivity (Wildman–Crippen MR) is 61.8 cm³/mol. The van der Waals surface area contributed by atoms with E-state index < -0.39 is 0 Å². The van der Waals surface area contributed by atoms with E-state index in [2.05, 4.69) is 11.8 Å². The summed E-state index contributed by atoms with van der Waals surface area (Å²) in [6.07, 6.45) is 0.758. The molecule has 0 aliphatic rings. The Morgan fingerprint density at radius 1 is 1.12 bits per heavy atom. The Hall–Kier alpha value is -2.58. The highest BCUT2D eigenvalue weighted by Gasteiger charge is 2.03. The van der Waals surface area contributed by atoms with E-state index in [1.54, 1.807) is 12.1 Å². The zero-order valence-corrected chi connectivity index (χ0v) is 8.40. The molecule has 0 fully saturated rings. The molecule has 0 bridgehead atoms. The van der Waals surface area contributed by atoms with E-state index in [0.29, 0.717) is 11.1 Å². The first kappa shape index (κ1) is 9.96. The van der Waals surface area contributed by atoms with Gasteiger partial charge >= 0.3 is 0 Å². The molecule has 0 aromatic heterocycles. The van der Waals surface area contributed by atoms with E-state index in [1.807, 2.05) is 30.3 Å². The van der Waals surface area contributed by atoms with Gasteiger partial charge in [-0.25, -0.2) is 0 Å². The number of nitrogens with zero attached hydrogens (tertiary/aromatic N) is 1. The van der Waals surface area contributed by atoms with Crippen molar-refractivity contribution in [1.29, 1.82) is 5.26 Å². The molecule has 0 N–H and O–H groups in total. The van der Waals surface area contributed by atoms with E-state index in [-0.39, 0.29) is 0 Å². The van der Waals surface area contributed by atoms with Crippen molar-refractivity contribution in [1.82, 2.24) is 0 Å². The van der Waals surface area contributed by atoms with Gasteiger partial charge in [-0.1, -0.05) is 30.3 Å². The van der Waals surface area contributed by atoms with Gasteiger partial charge in [0.2, 0.25) is 0 Å². The van der Waals surface area contributed by atoms with Crippen molar-refractivity contribution in [3.05, 3.63) is 47.5 Å². The topological polar surface area (TPSA) is 40.9 Å². The van der Waals surface area contributed by atoms with Crippen LogP contribution < -0.4 is 0 Å². The molecule has 74 valence electrons. The van der Waals surface area contributed by atoms with Crippen molar-refractivity contribution in [2.24, 2.45) is 0 Å². The summed E-state index contributed by atoms with van der Waals surface area (Å²) in [4.78, 5) is 10.9. The third-order valence-corrected chi connectivity index (χ3v) is 2.33. The first-order chi connectivity index (χ1) is 7.86. The smallest absolute Gasteiger partial charge is 0.152 e. The Labute approximate surface area is 93.1 Å². The number of rotatable bonds is 1. The molecule has 0 saturated heterocycles. The van der Waals surface area contributed by atoms with Crippen LogP contribution in [0, 0.1) is 23.2 Å². The van der Waals surface area contributed by atoms with Gasteiger partial charge in [0.25, 0.3) is 0 Å². The summed E-state index contributed by atoms with van der Waals surface area (Å²) in [6.45, 7) is 0. The quantitative estimate of drug-likeness (QED) is 0.530. The monoisotopic (exact) mass is 205 g/mol. The lowest BCUT2D eigenvalue weighted by molar-refractivity contribution is 0.112. The molecule has 2 heteroatoms. The summed E-state index contributed by atoms with van der Waals surface area (Å²) in [7, 11) is 0. The molecular weight excluding hydrogens is 198 g/mol. The van der Waals surface area contributed by atoms with E-state index in [4.69, 9.17) is 5.26 Å². The minimum absolute atomic E-state index is 0.515. The van der Waals surface area contributed by atoms with Gasteiger partial charge in [0.15, 0.2) is 12.4 Å². The zero-order chi connectivity index (χ0) is 11.4. The fourth-order valence-electron chi connectivity index (χ4n) is 1.62. The van der Waals surface area contributed by atoms with Gasteiger partial charge < -0.3 is 0 Å². The van der Waals surface area contributed by atoms with Gasteiger partial charge in [-0.05, 0) is 22.8 Å². The maximum Gasteiger partial charge on any atom is 0.152 e. The molecule has 16 heavy (non-hydrogen) atoms. The first-order valence-electron chi connectivity index (χ1n) is 4.74. The largest absolute Gasteiger partial charge is 0.298 e. The number of aldehydes is 1. The number of fused-ring (bicyclic) bond motifs is 1. The minimum Gasteiger partial charge on any atom is -0.298 e. The fraction of sp³-hybridized carbons (Fsp3) is 0. The summed E-state index contributed by atoms with van der Waals surface area (Å²) in [5.41, 5.74) is 1.14. The molecule has 0 amide bonds. The molecule has 2 rings (SSSR count). The van der Waals surface area contributed by atoms with E-state index >= 15 is 0 Å². The van der Waals surface area contributed by atoms with Crippen LogP contribution >= 0.6 is 0 Å². The summed E-state index contributed by atoms with van der Waals surface area (Å²) in [5.74, 6) is 5.04. The Morgan fingerprint density at radius 2 is 1.94 bits per heavy atom. The van der Waals surface area contributed by atoms with Crippen molar-refractivity contribution < 1.29 is 4.79 Å². The average molecular weight is 205 g/mol. The van der Waals surface area contributed by atoms with Crippen molar-refractivity contribution in [2.75, 3.05) is 0 Å². The second-order valence-electron chi connectivity index (χ2n) is 3.23. The Kier molecular flexibility index (Phi) is 2.67. The van der Waals surface area contributed by atoms with E-state index in [0.717, 1.165) is 17.1 Å². The Balaban J connectivity index is 2.84. The Bertz CT molecular complexity index is 654. The summed E-state index contributed by atoms with van der Waals surface area (Å²) < 4.78 is 0. The molecule has 0 spiro atoms. The van der Waals surface area contributed by atoms with Crippen molar-refractivity contribution in [3.63, 3.8) is 0 Å². The molecule has 2 aromatic carbocycles. The van der Waals surface area contributed by atoms with Crippen LogP contribution in [0.15, 0.2) is 36.4 Å². The van der Waals surface area contributed by atoms with Crippen LogP contribution in [0.4, 0.5) is 0 Å². The van der Waals surface area contributed by atoms with Gasteiger partial charge in [0.1, 0.15) is 0 Å². The zero-order valence-electron chi connectivity index (χ0n) is 8.40. The van der Waals surface area contributed by atoms with Gasteiger partial charge in [-0.15, -0.1) is 0 Å². The molecule has 2 aromatic rings. The molecule has 0 radical (unpaired) electrons. The van der Waals surface area contributed by atoms with Crippen LogP contribution in [0.2, 0.25) is 0 Å². The number of benzene rings is 2. The van der Waals surface area contributed by atoms with Gasteiger partial charge in [0, 0.05) is 17.0 Å². The lowest BCUT2D eigenvalue weighted by atomic mass is 10.00. The minimum atomic E-state index is 0.515. The van der Waals surface area contributed by atoms with Crippen molar-refractivity contribution >= 4 is 17.1 Å². The van der Waals surface area contributed by atoms with Crippen molar-refractivity contribution in [2.45, 2.75) is 0 Å². The lowest BCUT2D eigenvalue weighted by Crippen LogP contribution is -1.89. The Morgan fingerprint density at radius 3 is 2.69 bits per heavy atom. The highest BCUT2D eigenvalue weighted by Crippen LogP contribution is 2.20. The van der Waals surface area contributed by atoms with Gasteiger partial charge in [-0.2, -0.15) is 5.26 Å². The van der Waals surface area contributed by atoms with E-state index in [1.165, 1.54) is 0 Å². The summed E-state index contributed by atoms with van der Waals surface area (Å²) in [6, 6.07) is 13.0. The SMILES string of the molecule is N#CC#Cc1c(C=O)ccc2ccccc12. The predicted octanol–water partition coefficient (Wildman–Crippen LogP) is 2.53. The number of hydrogen-bond acceptors (Lipinski definition) is 2. The molecule has 0 aliphatic carbocycles. The molecule has 0 unspecified atom stereocenters.